The van der Waals surface area contributed by atoms with Gasteiger partial charge in [-0.3, -0.25) is 10.1 Å². The van der Waals surface area contributed by atoms with E-state index < -0.39 is 9.84 Å². The molecule has 96 valence electrons. The van der Waals surface area contributed by atoms with Gasteiger partial charge in [-0.1, -0.05) is 18.1 Å². The number of carbonyl (C=O) groups excluding carboxylic acids is 1. The molecule has 1 aromatic rings. The standard InChI is InChI=1S/C12H14N2O3S/c1-3-8-13-9-12(15)14-10-6-4-5-7-11(10)18(2,16)17/h1,4-7,13H,8-9H2,2H3,(H,14,15). The van der Waals surface area contributed by atoms with Gasteiger partial charge in [0.05, 0.1) is 23.7 Å². The quantitative estimate of drug-likeness (QED) is 0.592. The monoisotopic (exact) mass is 266 g/mol. The minimum atomic E-state index is -3.37. The summed E-state index contributed by atoms with van der Waals surface area (Å²) < 4.78 is 23.0. The third kappa shape index (κ3) is 4.20. The maximum atomic E-state index is 11.5. The van der Waals surface area contributed by atoms with Gasteiger partial charge in [0.25, 0.3) is 0 Å². The molecule has 1 aromatic carbocycles. The molecule has 0 heterocycles. The number of amides is 1. The lowest BCUT2D eigenvalue weighted by Gasteiger charge is -2.09. The van der Waals surface area contributed by atoms with Gasteiger partial charge in [-0.2, -0.15) is 0 Å². The van der Waals surface area contributed by atoms with Crippen molar-refractivity contribution < 1.29 is 13.2 Å². The Morgan fingerprint density at radius 2 is 2.06 bits per heavy atom. The zero-order chi connectivity index (χ0) is 13.6. The zero-order valence-electron chi connectivity index (χ0n) is 9.93. The third-order valence-electron chi connectivity index (χ3n) is 2.07. The summed E-state index contributed by atoms with van der Waals surface area (Å²) in [6.45, 7) is 0.309. The molecule has 2 N–H and O–H groups in total. The Kier molecular flexibility index (Phi) is 4.89. The number of sulfone groups is 1. The molecule has 0 atom stereocenters. The van der Waals surface area contributed by atoms with Crippen molar-refractivity contribution in [3.05, 3.63) is 24.3 Å². The first-order chi connectivity index (χ1) is 8.45. The maximum absolute atomic E-state index is 11.5. The van der Waals surface area contributed by atoms with E-state index in [1.165, 1.54) is 12.1 Å². The molecular weight excluding hydrogens is 252 g/mol. The SMILES string of the molecule is C#CCNCC(=O)Nc1ccccc1S(C)(=O)=O. The van der Waals surface area contributed by atoms with Gasteiger partial charge in [0, 0.05) is 6.26 Å². The Morgan fingerprint density at radius 1 is 1.39 bits per heavy atom. The molecule has 0 unspecified atom stereocenters. The highest BCUT2D eigenvalue weighted by Crippen LogP contribution is 2.20. The number of anilines is 1. The van der Waals surface area contributed by atoms with E-state index in [2.05, 4.69) is 16.6 Å². The van der Waals surface area contributed by atoms with Crippen LogP contribution < -0.4 is 10.6 Å². The van der Waals surface area contributed by atoms with Crippen LogP contribution in [0.3, 0.4) is 0 Å². The van der Waals surface area contributed by atoms with Crippen LogP contribution in [0.15, 0.2) is 29.2 Å². The first-order valence-electron chi connectivity index (χ1n) is 5.18. The van der Waals surface area contributed by atoms with Gasteiger partial charge >= 0.3 is 0 Å². The second-order valence-electron chi connectivity index (χ2n) is 3.62. The zero-order valence-corrected chi connectivity index (χ0v) is 10.8. The smallest absolute Gasteiger partial charge is 0.238 e. The van der Waals surface area contributed by atoms with Gasteiger partial charge in [0.2, 0.25) is 5.91 Å². The number of nitrogens with one attached hydrogen (secondary N) is 2. The lowest BCUT2D eigenvalue weighted by Crippen LogP contribution is -2.28. The van der Waals surface area contributed by atoms with E-state index >= 15 is 0 Å². The molecule has 0 fully saturated rings. The van der Waals surface area contributed by atoms with E-state index in [9.17, 15) is 13.2 Å². The highest BCUT2D eigenvalue weighted by Gasteiger charge is 2.13. The minimum Gasteiger partial charge on any atom is -0.324 e. The fourth-order valence-electron chi connectivity index (χ4n) is 1.34. The van der Waals surface area contributed by atoms with E-state index in [0.717, 1.165) is 6.26 Å². The summed E-state index contributed by atoms with van der Waals surface area (Å²) in [5, 5.41) is 5.24. The van der Waals surface area contributed by atoms with Crippen molar-refractivity contribution in [3.8, 4) is 12.3 Å². The molecule has 0 aliphatic rings. The summed E-state index contributed by atoms with van der Waals surface area (Å²) in [4.78, 5) is 11.6. The molecule has 18 heavy (non-hydrogen) atoms. The minimum absolute atomic E-state index is 0.0301. The molecule has 0 saturated carbocycles. The predicted molar refractivity (Wildman–Crippen MR) is 69.9 cm³/mol. The largest absolute Gasteiger partial charge is 0.324 e. The van der Waals surface area contributed by atoms with Gasteiger partial charge < -0.3 is 5.32 Å². The number of para-hydroxylation sites is 1. The van der Waals surface area contributed by atoms with E-state index in [-0.39, 0.29) is 29.6 Å². The molecule has 0 radical (unpaired) electrons. The van der Waals surface area contributed by atoms with Crippen molar-refractivity contribution in [2.24, 2.45) is 0 Å². The fourth-order valence-corrected chi connectivity index (χ4v) is 2.18. The molecular formula is C12H14N2O3S. The number of carbonyl (C=O) groups is 1. The second kappa shape index (κ2) is 6.19. The molecule has 5 nitrogen and oxygen atoms in total. The van der Waals surface area contributed by atoms with Crippen LogP contribution in [0, 0.1) is 12.3 Å². The molecule has 0 aromatic heterocycles. The van der Waals surface area contributed by atoms with E-state index in [4.69, 9.17) is 6.42 Å². The van der Waals surface area contributed by atoms with E-state index in [1.807, 2.05) is 0 Å². The van der Waals surface area contributed by atoms with Crippen LogP contribution in [0.1, 0.15) is 0 Å². The number of hydrogen-bond acceptors (Lipinski definition) is 4. The number of terminal acetylenes is 1. The lowest BCUT2D eigenvalue weighted by atomic mass is 10.3. The van der Waals surface area contributed by atoms with Gasteiger partial charge in [0.1, 0.15) is 0 Å². The third-order valence-corrected chi connectivity index (χ3v) is 3.23. The molecule has 1 amide bonds. The first-order valence-corrected chi connectivity index (χ1v) is 7.07. The molecule has 0 saturated heterocycles. The molecule has 1 rings (SSSR count). The highest BCUT2D eigenvalue weighted by molar-refractivity contribution is 7.90. The second-order valence-corrected chi connectivity index (χ2v) is 5.61. The summed E-state index contributed by atoms with van der Waals surface area (Å²) in [5.74, 6) is 1.99. The van der Waals surface area contributed by atoms with Gasteiger partial charge in [-0.25, -0.2) is 8.42 Å². The van der Waals surface area contributed by atoms with Gasteiger partial charge in [0.15, 0.2) is 9.84 Å². The van der Waals surface area contributed by atoms with Crippen LogP contribution in [-0.2, 0) is 14.6 Å². The van der Waals surface area contributed by atoms with Crippen molar-refractivity contribution in [3.63, 3.8) is 0 Å². The maximum Gasteiger partial charge on any atom is 0.238 e. The van der Waals surface area contributed by atoms with Gasteiger partial charge in [-0.15, -0.1) is 6.42 Å². The molecule has 0 aliphatic carbocycles. The van der Waals surface area contributed by atoms with E-state index in [1.54, 1.807) is 12.1 Å². The van der Waals surface area contributed by atoms with Crippen LogP contribution in [0.5, 0.6) is 0 Å². The Balaban J connectivity index is 2.80. The van der Waals surface area contributed by atoms with Crippen LogP contribution >= 0.6 is 0 Å². The van der Waals surface area contributed by atoms with Crippen molar-refractivity contribution in [2.45, 2.75) is 4.90 Å². The lowest BCUT2D eigenvalue weighted by molar-refractivity contribution is -0.115. The summed E-state index contributed by atoms with van der Waals surface area (Å²) in [5.41, 5.74) is 0.271. The number of rotatable bonds is 5. The van der Waals surface area contributed by atoms with Crippen LogP contribution in [0.25, 0.3) is 0 Å². The normalized spacial score (nSPS) is 10.7. The number of benzene rings is 1. The molecule has 0 aliphatic heterocycles. The molecule has 0 spiro atoms. The summed E-state index contributed by atoms with van der Waals surface area (Å²) >= 11 is 0. The van der Waals surface area contributed by atoms with Crippen molar-refractivity contribution in [1.82, 2.24) is 5.32 Å². The summed E-state index contributed by atoms with van der Waals surface area (Å²) in [7, 11) is -3.37. The Labute approximate surface area is 107 Å². The number of hydrogen-bond donors (Lipinski definition) is 2. The molecule has 6 heteroatoms. The van der Waals surface area contributed by atoms with Crippen LogP contribution in [0.2, 0.25) is 0 Å². The average Bonchev–Trinajstić information content (AvgIpc) is 2.28. The Bertz CT molecular complexity index is 573. The fraction of sp³-hybridized carbons (Fsp3) is 0.250. The van der Waals surface area contributed by atoms with Crippen LogP contribution in [-0.4, -0.2) is 33.7 Å². The summed E-state index contributed by atoms with van der Waals surface area (Å²) in [6.07, 6.45) is 6.12. The van der Waals surface area contributed by atoms with E-state index in [0.29, 0.717) is 0 Å². The average molecular weight is 266 g/mol. The van der Waals surface area contributed by atoms with Crippen molar-refractivity contribution in [1.29, 1.82) is 0 Å². The molecule has 0 bridgehead atoms. The van der Waals surface area contributed by atoms with Crippen LogP contribution in [0.4, 0.5) is 5.69 Å². The van der Waals surface area contributed by atoms with Crippen molar-refractivity contribution in [2.75, 3.05) is 24.7 Å². The Hall–Kier alpha value is -1.84. The first kappa shape index (κ1) is 14.2. The predicted octanol–water partition coefficient (Wildman–Crippen LogP) is 0.251. The highest BCUT2D eigenvalue weighted by atomic mass is 32.2. The Morgan fingerprint density at radius 3 is 2.67 bits per heavy atom. The van der Waals surface area contributed by atoms with Crippen molar-refractivity contribution >= 4 is 21.4 Å². The van der Waals surface area contributed by atoms with Gasteiger partial charge in [-0.05, 0) is 12.1 Å². The topological polar surface area (TPSA) is 75.3 Å². The summed E-state index contributed by atoms with van der Waals surface area (Å²) in [6, 6.07) is 6.23.